The quantitative estimate of drug-likeness (QED) is 0.592. The Morgan fingerprint density at radius 2 is 1.91 bits per heavy atom. The van der Waals surface area contributed by atoms with Gasteiger partial charge in [-0.3, -0.25) is 14.6 Å². The van der Waals surface area contributed by atoms with E-state index in [-0.39, 0.29) is 5.91 Å². The molecular weight excluding hydrogens is 440 g/mol. The number of benzene rings is 1. The van der Waals surface area contributed by atoms with E-state index in [0.29, 0.717) is 23.4 Å². The molecule has 6 heteroatoms. The van der Waals surface area contributed by atoms with Crippen molar-refractivity contribution in [2.75, 3.05) is 38.0 Å². The van der Waals surface area contributed by atoms with Crippen LogP contribution in [0.5, 0.6) is 0 Å². The molecule has 1 aliphatic heterocycles. The van der Waals surface area contributed by atoms with Crippen LogP contribution < -0.4 is 5.32 Å². The molecule has 2 aliphatic rings. The van der Waals surface area contributed by atoms with Gasteiger partial charge in [-0.15, -0.1) is 11.3 Å². The molecule has 1 unspecified atom stereocenters. The van der Waals surface area contributed by atoms with E-state index in [1.807, 2.05) is 0 Å². The van der Waals surface area contributed by atoms with Crippen LogP contribution in [0.4, 0.5) is 5.00 Å². The van der Waals surface area contributed by atoms with Crippen molar-refractivity contribution >= 4 is 22.2 Å². The number of aryl methyl sites for hydroxylation is 1. The summed E-state index contributed by atoms with van der Waals surface area (Å²) in [5.41, 5.74) is 4.89. The lowest BCUT2D eigenvalue weighted by Gasteiger charge is -2.36. The minimum absolute atomic E-state index is 0.00658. The van der Waals surface area contributed by atoms with E-state index in [4.69, 9.17) is 0 Å². The second-order valence-corrected chi connectivity index (χ2v) is 11.7. The summed E-state index contributed by atoms with van der Waals surface area (Å²) in [4.78, 5) is 18.9. The molecule has 0 saturated carbocycles. The minimum atomic E-state index is -0.00658. The van der Waals surface area contributed by atoms with E-state index >= 15 is 0 Å². The molecule has 1 fully saturated rings. The van der Waals surface area contributed by atoms with E-state index in [1.54, 1.807) is 11.3 Å². The summed E-state index contributed by atoms with van der Waals surface area (Å²) < 4.78 is 0. The van der Waals surface area contributed by atoms with Crippen molar-refractivity contribution < 1.29 is 4.79 Å². The molecule has 2 aromatic rings. The highest BCUT2D eigenvalue weighted by atomic mass is 32.1. The van der Waals surface area contributed by atoms with Crippen molar-refractivity contribution in [1.29, 1.82) is 5.26 Å². The number of nitriles is 1. The van der Waals surface area contributed by atoms with Crippen LogP contribution in [0.15, 0.2) is 24.3 Å². The minimum Gasteiger partial charge on any atom is -0.315 e. The fourth-order valence-electron chi connectivity index (χ4n) is 5.25. The summed E-state index contributed by atoms with van der Waals surface area (Å²) in [5, 5.41) is 13.7. The predicted octanol–water partition coefficient (Wildman–Crippen LogP) is 5.23. The summed E-state index contributed by atoms with van der Waals surface area (Å²) in [6.45, 7) is 14.2. The fraction of sp³-hybridized carbons (Fsp3) is 0.571. The summed E-state index contributed by atoms with van der Waals surface area (Å²) >= 11 is 1.63. The number of amides is 1. The molecule has 0 radical (unpaired) electrons. The monoisotopic (exact) mass is 478 g/mol. The number of thiophene rings is 1. The van der Waals surface area contributed by atoms with Gasteiger partial charge in [0.15, 0.2) is 0 Å². The van der Waals surface area contributed by atoms with E-state index < -0.39 is 0 Å². The molecule has 1 atom stereocenters. The predicted molar refractivity (Wildman–Crippen MR) is 140 cm³/mol. The number of carbonyl (C=O) groups is 1. The molecule has 2 heterocycles. The van der Waals surface area contributed by atoms with Gasteiger partial charge in [0.1, 0.15) is 11.1 Å². The number of nitrogens with one attached hydrogen (secondary N) is 1. The average molecular weight is 479 g/mol. The van der Waals surface area contributed by atoms with Crippen molar-refractivity contribution in [1.82, 2.24) is 9.80 Å². The molecule has 1 N–H and O–H groups in total. The Hall–Kier alpha value is -2.20. The first kappa shape index (κ1) is 24.9. The second kappa shape index (κ2) is 10.6. The third-order valence-corrected chi connectivity index (χ3v) is 9.30. The molecular formula is C28H38N4OS. The van der Waals surface area contributed by atoms with Gasteiger partial charge in [-0.05, 0) is 54.2 Å². The smallest absolute Gasteiger partial charge is 0.239 e. The van der Waals surface area contributed by atoms with Gasteiger partial charge in [0, 0.05) is 37.6 Å². The van der Waals surface area contributed by atoms with Crippen molar-refractivity contribution in [2.24, 2.45) is 11.3 Å². The SMILES string of the molecule is CCC(C)(C)C1CCc2c(sc(NC(=O)CN3CCN(Cc4ccccc4C)CC3)c2C#N)C1. The normalized spacial score (nSPS) is 19.4. The first-order chi connectivity index (χ1) is 16.3. The van der Waals surface area contributed by atoms with Crippen molar-refractivity contribution in [3.8, 4) is 6.07 Å². The Labute approximate surface area is 208 Å². The van der Waals surface area contributed by atoms with Crippen molar-refractivity contribution in [3.63, 3.8) is 0 Å². The van der Waals surface area contributed by atoms with Crippen molar-refractivity contribution in [3.05, 3.63) is 51.4 Å². The van der Waals surface area contributed by atoms with Gasteiger partial charge < -0.3 is 5.32 Å². The summed E-state index contributed by atoms with van der Waals surface area (Å²) in [6, 6.07) is 10.9. The molecule has 182 valence electrons. The summed E-state index contributed by atoms with van der Waals surface area (Å²) in [5.74, 6) is 0.627. The Morgan fingerprint density at radius 1 is 1.21 bits per heavy atom. The van der Waals surface area contributed by atoms with Crippen LogP contribution >= 0.6 is 11.3 Å². The van der Waals surface area contributed by atoms with Crippen LogP contribution in [0.3, 0.4) is 0 Å². The van der Waals surface area contributed by atoms with Gasteiger partial charge in [0.25, 0.3) is 0 Å². The number of fused-ring (bicyclic) bond motifs is 1. The standard InChI is InChI=1S/C28H38N4OS/c1-5-28(3,4)22-10-11-23-24(17-29)27(34-25(23)16-22)30-26(33)19-32-14-12-31(13-15-32)18-21-9-7-6-8-20(21)2/h6-9,22H,5,10-16,18-19H2,1-4H3,(H,30,33). The third kappa shape index (κ3) is 5.54. The number of hydrogen-bond donors (Lipinski definition) is 1. The molecule has 1 amide bonds. The zero-order chi connectivity index (χ0) is 24.3. The van der Waals surface area contributed by atoms with Gasteiger partial charge in [-0.1, -0.05) is 51.5 Å². The Kier molecular flexibility index (Phi) is 7.77. The lowest BCUT2D eigenvalue weighted by Crippen LogP contribution is -2.48. The second-order valence-electron chi connectivity index (χ2n) is 10.6. The van der Waals surface area contributed by atoms with Crippen LogP contribution in [0.25, 0.3) is 0 Å². The first-order valence-corrected chi connectivity index (χ1v) is 13.5. The highest BCUT2D eigenvalue weighted by Crippen LogP contribution is 2.45. The molecule has 4 rings (SSSR count). The van der Waals surface area contributed by atoms with Crippen LogP contribution in [0.2, 0.25) is 0 Å². The van der Waals surface area contributed by atoms with Crippen LogP contribution in [-0.4, -0.2) is 48.4 Å². The van der Waals surface area contributed by atoms with E-state index in [1.165, 1.54) is 21.6 Å². The molecule has 0 spiro atoms. The van der Waals surface area contributed by atoms with E-state index in [9.17, 15) is 10.1 Å². The molecule has 5 nitrogen and oxygen atoms in total. The summed E-state index contributed by atoms with van der Waals surface area (Å²) in [6.07, 6.45) is 4.25. The lowest BCUT2D eigenvalue weighted by molar-refractivity contribution is -0.117. The van der Waals surface area contributed by atoms with Gasteiger partial charge in [-0.2, -0.15) is 5.26 Å². The Bertz CT molecular complexity index is 1060. The molecule has 1 saturated heterocycles. The highest BCUT2D eigenvalue weighted by Gasteiger charge is 2.34. The number of hydrogen-bond acceptors (Lipinski definition) is 5. The molecule has 0 bridgehead atoms. The summed E-state index contributed by atoms with van der Waals surface area (Å²) in [7, 11) is 0. The number of nitrogens with zero attached hydrogens (tertiary/aromatic N) is 3. The average Bonchev–Trinajstić information content (AvgIpc) is 3.17. The van der Waals surface area contributed by atoms with Crippen LogP contribution in [0, 0.1) is 29.6 Å². The lowest BCUT2D eigenvalue weighted by atomic mass is 9.69. The molecule has 1 aromatic carbocycles. The van der Waals surface area contributed by atoms with Crippen LogP contribution in [0.1, 0.15) is 60.7 Å². The van der Waals surface area contributed by atoms with Gasteiger partial charge in [0.2, 0.25) is 5.91 Å². The number of anilines is 1. The van der Waals surface area contributed by atoms with E-state index in [2.05, 4.69) is 73.1 Å². The zero-order valence-electron chi connectivity index (χ0n) is 21.1. The Balaban J connectivity index is 1.32. The largest absolute Gasteiger partial charge is 0.315 e. The fourth-order valence-corrected chi connectivity index (χ4v) is 6.55. The van der Waals surface area contributed by atoms with Gasteiger partial charge >= 0.3 is 0 Å². The Morgan fingerprint density at radius 3 is 2.59 bits per heavy atom. The topological polar surface area (TPSA) is 59.4 Å². The van der Waals surface area contributed by atoms with Gasteiger partial charge in [-0.25, -0.2) is 0 Å². The molecule has 1 aliphatic carbocycles. The number of piperazine rings is 1. The highest BCUT2D eigenvalue weighted by molar-refractivity contribution is 7.16. The van der Waals surface area contributed by atoms with E-state index in [0.717, 1.165) is 63.4 Å². The van der Waals surface area contributed by atoms with Crippen molar-refractivity contribution in [2.45, 2.75) is 59.9 Å². The maximum atomic E-state index is 12.9. The maximum absolute atomic E-state index is 12.9. The van der Waals surface area contributed by atoms with Gasteiger partial charge in [0.05, 0.1) is 12.1 Å². The maximum Gasteiger partial charge on any atom is 0.239 e. The zero-order valence-corrected chi connectivity index (χ0v) is 21.9. The molecule has 34 heavy (non-hydrogen) atoms. The third-order valence-electron chi connectivity index (χ3n) is 8.13. The van der Waals surface area contributed by atoms with Crippen LogP contribution in [-0.2, 0) is 24.2 Å². The number of carbonyl (C=O) groups excluding carboxylic acids is 1. The first-order valence-electron chi connectivity index (χ1n) is 12.6. The molecule has 1 aromatic heterocycles. The number of rotatable bonds is 7.